The molecule has 23 heavy (non-hydrogen) atoms. The standard InChI is InChI=1S/C14H10Cl2N6O/c1-8-19-20-21-22(8)10-4-2-3-9(7-10)17-14(23)11-5-6-12(15)18-13(11)16/h2-7H,1H3,(H,17,23). The van der Waals surface area contributed by atoms with Crippen LogP contribution in [0.5, 0.6) is 0 Å². The number of carbonyl (C=O) groups is 1. The highest BCUT2D eigenvalue weighted by Gasteiger charge is 2.13. The van der Waals surface area contributed by atoms with Crippen molar-refractivity contribution in [2.24, 2.45) is 0 Å². The van der Waals surface area contributed by atoms with Crippen LogP contribution in [0.2, 0.25) is 10.3 Å². The molecule has 116 valence electrons. The average Bonchev–Trinajstić information content (AvgIpc) is 2.93. The number of hydrogen-bond acceptors (Lipinski definition) is 5. The third kappa shape index (κ3) is 3.30. The minimum absolute atomic E-state index is 0.0440. The van der Waals surface area contributed by atoms with Crippen LogP contribution in [0, 0.1) is 6.92 Å². The van der Waals surface area contributed by atoms with Crippen molar-refractivity contribution in [2.75, 3.05) is 5.32 Å². The summed E-state index contributed by atoms with van der Waals surface area (Å²) in [5.74, 6) is 0.253. The molecule has 0 saturated carbocycles. The second kappa shape index (κ2) is 6.31. The molecule has 0 saturated heterocycles. The number of pyridine rings is 1. The molecule has 0 bridgehead atoms. The van der Waals surface area contributed by atoms with Crippen LogP contribution in [0.1, 0.15) is 16.2 Å². The first-order chi connectivity index (χ1) is 11.0. The predicted molar refractivity (Wildman–Crippen MR) is 86.1 cm³/mol. The number of carbonyl (C=O) groups excluding carboxylic acids is 1. The summed E-state index contributed by atoms with van der Waals surface area (Å²) in [7, 11) is 0. The van der Waals surface area contributed by atoms with Gasteiger partial charge >= 0.3 is 0 Å². The van der Waals surface area contributed by atoms with Crippen LogP contribution in [-0.4, -0.2) is 31.1 Å². The number of anilines is 1. The molecule has 2 heterocycles. The predicted octanol–water partition coefficient (Wildman–Crippen LogP) is 2.92. The van der Waals surface area contributed by atoms with Gasteiger partial charge in [-0.05, 0) is 47.7 Å². The Morgan fingerprint density at radius 3 is 2.74 bits per heavy atom. The number of rotatable bonds is 3. The maximum Gasteiger partial charge on any atom is 0.258 e. The van der Waals surface area contributed by atoms with Crippen LogP contribution in [0.3, 0.4) is 0 Å². The molecule has 3 rings (SSSR count). The van der Waals surface area contributed by atoms with Crippen LogP contribution in [0.15, 0.2) is 36.4 Å². The van der Waals surface area contributed by atoms with E-state index in [4.69, 9.17) is 23.2 Å². The van der Waals surface area contributed by atoms with E-state index in [1.54, 1.807) is 29.8 Å². The zero-order valence-electron chi connectivity index (χ0n) is 11.9. The van der Waals surface area contributed by atoms with Crippen molar-refractivity contribution in [2.45, 2.75) is 6.92 Å². The van der Waals surface area contributed by atoms with E-state index in [0.717, 1.165) is 5.69 Å². The molecule has 0 atom stereocenters. The van der Waals surface area contributed by atoms with Crippen LogP contribution in [0.4, 0.5) is 5.69 Å². The number of nitrogens with one attached hydrogen (secondary N) is 1. The van der Waals surface area contributed by atoms with E-state index < -0.39 is 0 Å². The van der Waals surface area contributed by atoms with Crippen molar-refractivity contribution < 1.29 is 4.79 Å². The third-order valence-electron chi connectivity index (χ3n) is 3.03. The number of aryl methyl sites for hydroxylation is 1. The minimum Gasteiger partial charge on any atom is -0.322 e. The molecule has 7 nitrogen and oxygen atoms in total. The normalized spacial score (nSPS) is 10.6. The van der Waals surface area contributed by atoms with E-state index in [-0.39, 0.29) is 21.8 Å². The molecule has 1 N–H and O–H groups in total. The summed E-state index contributed by atoms with van der Waals surface area (Å²) in [6, 6.07) is 10.1. The van der Waals surface area contributed by atoms with Gasteiger partial charge in [-0.15, -0.1) is 5.10 Å². The highest BCUT2D eigenvalue weighted by atomic mass is 35.5. The largest absolute Gasteiger partial charge is 0.322 e. The zero-order valence-corrected chi connectivity index (χ0v) is 13.4. The molecule has 1 amide bonds. The van der Waals surface area contributed by atoms with Crippen molar-refractivity contribution in [1.82, 2.24) is 25.2 Å². The van der Waals surface area contributed by atoms with Gasteiger partial charge in [0.25, 0.3) is 5.91 Å². The van der Waals surface area contributed by atoms with E-state index in [2.05, 4.69) is 25.8 Å². The Kier molecular flexibility index (Phi) is 4.22. The highest BCUT2D eigenvalue weighted by Crippen LogP contribution is 2.20. The molecule has 0 unspecified atom stereocenters. The highest BCUT2D eigenvalue weighted by molar-refractivity contribution is 6.35. The van der Waals surface area contributed by atoms with Crippen molar-refractivity contribution in [3.63, 3.8) is 0 Å². The molecule has 1 aromatic carbocycles. The van der Waals surface area contributed by atoms with E-state index >= 15 is 0 Å². The fourth-order valence-electron chi connectivity index (χ4n) is 1.97. The van der Waals surface area contributed by atoms with Gasteiger partial charge in [-0.1, -0.05) is 29.3 Å². The van der Waals surface area contributed by atoms with E-state index in [0.29, 0.717) is 11.5 Å². The number of hydrogen-bond donors (Lipinski definition) is 1. The van der Waals surface area contributed by atoms with Gasteiger partial charge in [-0.25, -0.2) is 4.98 Å². The van der Waals surface area contributed by atoms with Crippen LogP contribution in [0.25, 0.3) is 5.69 Å². The quantitative estimate of drug-likeness (QED) is 0.735. The average molecular weight is 349 g/mol. The molecule has 0 aliphatic rings. The van der Waals surface area contributed by atoms with Gasteiger partial charge in [-0.2, -0.15) is 4.68 Å². The first kappa shape index (κ1) is 15.4. The van der Waals surface area contributed by atoms with Gasteiger partial charge in [0.2, 0.25) is 0 Å². The fourth-order valence-corrected chi connectivity index (χ4v) is 2.40. The Balaban J connectivity index is 1.86. The van der Waals surface area contributed by atoms with E-state index in [9.17, 15) is 4.79 Å². The number of halogens is 2. The van der Waals surface area contributed by atoms with Crippen LogP contribution >= 0.6 is 23.2 Å². The second-order valence-electron chi connectivity index (χ2n) is 4.61. The van der Waals surface area contributed by atoms with E-state index in [1.165, 1.54) is 12.1 Å². The fraction of sp³-hybridized carbons (Fsp3) is 0.0714. The lowest BCUT2D eigenvalue weighted by Gasteiger charge is -2.08. The Morgan fingerprint density at radius 1 is 1.22 bits per heavy atom. The molecular formula is C14H10Cl2N6O. The summed E-state index contributed by atoms with van der Waals surface area (Å²) < 4.78 is 1.56. The maximum absolute atomic E-state index is 12.3. The smallest absolute Gasteiger partial charge is 0.258 e. The second-order valence-corrected chi connectivity index (χ2v) is 5.36. The first-order valence-corrected chi connectivity index (χ1v) is 7.29. The summed E-state index contributed by atoms with van der Waals surface area (Å²) in [6.45, 7) is 1.78. The van der Waals surface area contributed by atoms with E-state index in [1.807, 2.05) is 6.07 Å². The van der Waals surface area contributed by atoms with Gasteiger partial charge in [0.05, 0.1) is 11.3 Å². The Morgan fingerprint density at radius 2 is 2.04 bits per heavy atom. The number of aromatic nitrogens is 5. The zero-order chi connectivity index (χ0) is 16.4. The maximum atomic E-state index is 12.3. The summed E-state index contributed by atoms with van der Waals surface area (Å²) in [5, 5.41) is 14.3. The SMILES string of the molecule is Cc1nnnn1-c1cccc(NC(=O)c2ccc(Cl)nc2Cl)c1. The Labute approximate surface area is 141 Å². The Hall–Kier alpha value is -2.51. The minimum atomic E-state index is -0.384. The van der Waals surface area contributed by atoms with Crippen molar-refractivity contribution >= 4 is 34.8 Å². The van der Waals surface area contributed by atoms with Crippen molar-refractivity contribution in [1.29, 1.82) is 0 Å². The first-order valence-electron chi connectivity index (χ1n) is 6.53. The molecule has 0 fully saturated rings. The number of amides is 1. The van der Waals surface area contributed by atoms with Gasteiger partial charge in [0.1, 0.15) is 10.3 Å². The monoisotopic (exact) mass is 348 g/mol. The third-order valence-corrected chi connectivity index (χ3v) is 3.53. The number of tetrazole rings is 1. The lowest BCUT2D eigenvalue weighted by atomic mass is 10.2. The molecule has 0 radical (unpaired) electrons. The molecule has 0 aliphatic carbocycles. The van der Waals surface area contributed by atoms with Gasteiger partial charge in [-0.3, -0.25) is 4.79 Å². The lowest BCUT2D eigenvalue weighted by molar-refractivity contribution is 0.102. The summed E-state index contributed by atoms with van der Waals surface area (Å²) in [5.41, 5.74) is 1.54. The molecule has 2 aromatic heterocycles. The molecule has 0 aliphatic heterocycles. The van der Waals surface area contributed by atoms with Gasteiger partial charge in [0.15, 0.2) is 5.82 Å². The topological polar surface area (TPSA) is 85.6 Å². The van der Waals surface area contributed by atoms with Crippen molar-refractivity contribution in [3.05, 3.63) is 58.1 Å². The molecular weight excluding hydrogens is 339 g/mol. The van der Waals surface area contributed by atoms with Crippen LogP contribution in [-0.2, 0) is 0 Å². The summed E-state index contributed by atoms with van der Waals surface area (Å²) in [6.07, 6.45) is 0. The number of nitrogens with zero attached hydrogens (tertiary/aromatic N) is 5. The molecule has 9 heteroatoms. The Bertz CT molecular complexity index is 879. The van der Waals surface area contributed by atoms with Gasteiger partial charge in [0, 0.05) is 5.69 Å². The molecule has 3 aromatic rings. The molecule has 0 spiro atoms. The van der Waals surface area contributed by atoms with Crippen LogP contribution < -0.4 is 5.32 Å². The number of benzene rings is 1. The summed E-state index contributed by atoms with van der Waals surface area (Å²) in [4.78, 5) is 16.1. The lowest BCUT2D eigenvalue weighted by Crippen LogP contribution is -2.13. The van der Waals surface area contributed by atoms with Gasteiger partial charge < -0.3 is 5.32 Å². The van der Waals surface area contributed by atoms with Crippen molar-refractivity contribution in [3.8, 4) is 5.69 Å². The summed E-state index contributed by atoms with van der Waals surface area (Å²) >= 11 is 11.7.